The minimum Gasteiger partial charge on any atom is -0.462 e. The van der Waals surface area contributed by atoms with Crippen LogP contribution in [0, 0.1) is 0 Å². The van der Waals surface area contributed by atoms with Crippen molar-refractivity contribution in [1.82, 2.24) is 0 Å². The summed E-state index contributed by atoms with van der Waals surface area (Å²) in [7, 11) is 0. The molecule has 0 radical (unpaired) electrons. The minimum atomic E-state index is -0.0399. The van der Waals surface area contributed by atoms with Crippen LogP contribution in [-0.4, -0.2) is 12.1 Å². The summed E-state index contributed by atoms with van der Waals surface area (Å²) in [6.45, 7) is 1.85. The van der Waals surface area contributed by atoms with Crippen LogP contribution in [0.3, 0.4) is 0 Å². The first kappa shape index (κ1) is 9.56. The van der Waals surface area contributed by atoms with E-state index in [9.17, 15) is 4.79 Å². The summed E-state index contributed by atoms with van der Waals surface area (Å²) in [6, 6.07) is 0. The first-order chi connectivity index (χ1) is 5.83. The molecule has 1 rings (SSSR count). The molecule has 0 aliphatic heterocycles. The molecule has 0 aromatic rings. The van der Waals surface area contributed by atoms with Crippen molar-refractivity contribution < 1.29 is 9.53 Å². The maximum absolute atomic E-state index is 11.0. The van der Waals surface area contributed by atoms with Gasteiger partial charge in [0.05, 0.1) is 0 Å². The van der Waals surface area contributed by atoms with Gasteiger partial charge < -0.3 is 4.74 Å². The number of carbonyl (C=O) groups excluding carboxylic acids is 1. The van der Waals surface area contributed by atoms with Gasteiger partial charge in [0.15, 0.2) is 0 Å². The normalized spacial score (nSPS) is 20.1. The summed E-state index contributed by atoms with van der Waals surface area (Å²) >= 11 is 0. The lowest BCUT2D eigenvalue weighted by atomic mass is 10.1. The number of rotatable bonds is 2. The van der Waals surface area contributed by atoms with Crippen molar-refractivity contribution in [3.05, 3.63) is 0 Å². The van der Waals surface area contributed by atoms with Crippen LogP contribution in [0.4, 0.5) is 0 Å². The fourth-order valence-corrected chi connectivity index (χ4v) is 1.63. The Morgan fingerprint density at radius 3 is 2.33 bits per heavy atom. The summed E-state index contributed by atoms with van der Waals surface area (Å²) in [6.07, 6.45) is 7.94. The van der Waals surface area contributed by atoms with E-state index in [1.807, 2.05) is 6.92 Å². The maximum Gasteiger partial charge on any atom is 0.305 e. The van der Waals surface area contributed by atoms with Crippen molar-refractivity contribution in [2.75, 3.05) is 0 Å². The third-order valence-electron chi connectivity index (χ3n) is 2.39. The number of ether oxygens (including phenoxy) is 1. The smallest absolute Gasteiger partial charge is 0.305 e. The van der Waals surface area contributed by atoms with Crippen molar-refractivity contribution in [3.8, 4) is 0 Å². The molecular formula is C10H18O2. The number of hydrogen-bond acceptors (Lipinski definition) is 2. The number of carbonyl (C=O) groups is 1. The molecule has 1 aliphatic rings. The highest BCUT2D eigenvalue weighted by molar-refractivity contribution is 5.69. The molecule has 70 valence electrons. The molecule has 12 heavy (non-hydrogen) atoms. The van der Waals surface area contributed by atoms with Crippen molar-refractivity contribution >= 4 is 5.97 Å². The predicted octanol–water partition coefficient (Wildman–Crippen LogP) is 2.66. The van der Waals surface area contributed by atoms with Crippen molar-refractivity contribution in [3.63, 3.8) is 0 Å². The molecule has 0 unspecified atom stereocenters. The zero-order valence-electron chi connectivity index (χ0n) is 7.84. The molecule has 0 amide bonds. The average Bonchev–Trinajstić information content (AvgIpc) is 2.33. The Hall–Kier alpha value is -0.530. The van der Waals surface area contributed by atoms with Crippen LogP contribution < -0.4 is 0 Å². The lowest BCUT2D eigenvalue weighted by molar-refractivity contribution is -0.149. The third-order valence-corrected chi connectivity index (χ3v) is 2.39. The third kappa shape index (κ3) is 3.24. The van der Waals surface area contributed by atoms with Gasteiger partial charge in [0.2, 0.25) is 0 Å². The molecule has 1 aliphatic carbocycles. The van der Waals surface area contributed by atoms with E-state index < -0.39 is 0 Å². The van der Waals surface area contributed by atoms with E-state index in [1.54, 1.807) is 0 Å². The van der Waals surface area contributed by atoms with E-state index in [0.717, 1.165) is 12.8 Å². The second-order valence-electron chi connectivity index (χ2n) is 3.46. The van der Waals surface area contributed by atoms with E-state index in [2.05, 4.69) is 0 Å². The van der Waals surface area contributed by atoms with Crippen LogP contribution in [0.25, 0.3) is 0 Å². The quantitative estimate of drug-likeness (QED) is 0.470. The van der Waals surface area contributed by atoms with E-state index in [1.165, 1.54) is 25.7 Å². The second-order valence-corrected chi connectivity index (χ2v) is 3.46. The molecule has 1 saturated carbocycles. The topological polar surface area (TPSA) is 26.3 Å². The van der Waals surface area contributed by atoms with Gasteiger partial charge in [-0.05, 0) is 25.7 Å². The van der Waals surface area contributed by atoms with Crippen LogP contribution in [0.1, 0.15) is 51.9 Å². The van der Waals surface area contributed by atoms with Crippen LogP contribution in [0.5, 0.6) is 0 Å². The van der Waals surface area contributed by atoms with E-state index in [-0.39, 0.29) is 12.1 Å². The Bertz CT molecular complexity index is 135. The van der Waals surface area contributed by atoms with Gasteiger partial charge in [0.1, 0.15) is 6.10 Å². The van der Waals surface area contributed by atoms with Crippen molar-refractivity contribution in [2.45, 2.75) is 58.0 Å². The largest absolute Gasteiger partial charge is 0.462 e. The standard InChI is InChI=1S/C10H18O2/c1-2-10(11)12-9-7-5-3-4-6-8-9/h9H,2-8H2,1H3. The number of esters is 1. The molecular weight excluding hydrogens is 152 g/mol. The van der Waals surface area contributed by atoms with Gasteiger partial charge in [-0.2, -0.15) is 0 Å². The van der Waals surface area contributed by atoms with E-state index in [4.69, 9.17) is 4.74 Å². The van der Waals surface area contributed by atoms with Crippen LogP contribution in [0.15, 0.2) is 0 Å². The summed E-state index contributed by atoms with van der Waals surface area (Å²) in [5.41, 5.74) is 0. The van der Waals surface area contributed by atoms with Crippen molar-refractivity contribution in [1.29, 1.82) is 0 Å². The van der Waals surface area contributed by atoms with Gasteiger partial charge in [-0.3, -0.25) is 4.79 Å². The van der Waals surface area contributed by atoms with Crippen LogP contribution in [-0.2, 0) is 9.53 Å². The second kappa shape index (κ2) is 5.18. The Labute approximate surface area is 74.3 Å². The zero-order chi connectivity index (χ0) is 8.81. The molecule has 0 bridgehead atoms. The lowest BCUT2D eigenvalue weighted by Gasteiger charge is -2.14. The Morgan fingerprint density at radius 2 is 1.83 bits per heavy atom. The van der Waals surface area contributed by atoms with Gasteiger partial charge in [-0.1, -0.05) is 19.8 Å². The molecule has 0 saturated heterocycles. The Balaban J connectivity index is 2.24. The molecule has 0 N–H and O–H groups in total. The van der Waals surface area contributed by atoms with Gasteiger partial charge in [0, 0.05) is 6.42 Å². The lowest BCUT2D eigenvalue weighted by Crippen LogP contribution is -2.16. The maximum atomic E-state index is 11.0. The average molecular weight is 170 g/mol. The first-order valence-electron chi connectivity index (χ1n) is 5.02. The highest BCUT2D eigenvalue weighted by atomic mass is 16.5. The van der Waals surface area contributed by atoms with E-state index >= 15 is 0 Å². The molecule has 0 spiro atoms. The highest BCUT2D eigenvalue weighted by Crippen LogP contribution is 2.19. The first-order valence-corrected chi connectivity index (χ1v) is 5.02. The fraction of sp³-hybridized carbons (Fsp3) is 0.900. The van der Waals surface area contributed by atoms with E-state index in [0.29, 0.717) is 6.42 Å². The fourth-order valence-electron chi connectivity index (χ4n) is 1.63. The van der Waals surface area contributed by atoms with Crippen molar-refractivity contribution in [2.24, 2.45) is 0 Å². The predicted molar refractivity (Wildman–Crippen MR) is 47.9 cm³/mol. The molecule has 0 aromatic heterocycles. The van der Waals surface area contributed by atoms with Crippen LogP contribution in [0.2, 0.25) is 0 Å². The highest BCUT2D eigenvalue weighted by Gasteiger charge is 2.14. The SMILES string of the molecule is CCC(=O)OC1CCCCCC1. The van der Waals surface area contributed by atoms with Gasteiger partial charge in [0.25, 0.3) is 0 Å². The van der Waals surface area contributed by atoms with Gasteiger partial charge in [-0.25, -0.2) is 0 Å². The van der Waals surface area contributed by atoms with Gasteiger partial charge in [-0.15, -0.1) is 0 Å². The summed E-state index contributed by atoms with van der Waals surface area (Å²) < 4.78 is 5.28. The molecule has 0 aromatic carbocycles. The van der Waals surface area contributed by atoms with Gasteiger partial charge >= 0.3 is 5.97 Å². The minimum absolute atomic E-state index is 0.0399. The monoisotopic (exact) mass is 170 g/mol. The zero-order valence-corrected chi connectivity index (χ0v) is 7.84. The summed E-state index contributed by atoms with van der Waals surface area (Å²) in [5.74, 6) is -0.0399. The van der Waals surface area contributed by atoms with Crippen LogP contribution >= 0.6 is 0 Å². The summed E-state index contributed by atoms with van der Waals surface area (Å²) in [5, 5.41) is 0. The summed E-state index contributed by atoms with van der Waals surface area (Å²) in [4.78, 5) is 11.0. The molecule has 0 heterocycles. The molecule has 1 fully saturated rings. The molecule has 2 nitrogen and oxygen atoms in total. The molecule has 0 atom stereocenters. The molecule has 2 heteroatoms. The Morgan fingerprint density at radius 1 is 1.25 bits per heavy atom. The number of hydrogen-bond donors (Lipinski definition) is 0. The Kier molecular flexibility index (Phi) is 4.12.